The van der Waals surface area contributed by atoms with E-state index in [1.54, 1.807) is 0 Å². The summed E-state index contributed by atoms with van der Waals surface area (Å²) in [6, 6.07) is 8.36. The molecule has 0 bridgehead atoms. The Kier molecular flexibility index (Phi) is 2.64. The third kappa shape index (κ3) is 2.42. The molecule has 0 saturated heterocycles. The van der Waals surface area contributed by atoms with Gasteiger partial charge >= 0.3 is 0 Å². The number of nitrogens with one attached hydrogen (secondary N) is 1. The zero-order chi connectivity index (χ0) is 9.97. The third-order valence-corrected chi connectivity index (χ3v) is 2.47. The average molecular weight is 189 g/mol. The molecule has 0 unspecified atom stereocenters. The molecule has 74 valence electrons. The van der Waals surface area contributed by atoms with Gasteiger partial charge in [-0.3, -0.25) is 4.79 Å². The normalized spacial score (nSPS) is 15.5. The minimum Gasteiger partial charge on any atom is -0.307 e. The molecule has 1 aliphatic carbocycles. The molecule has 1 N–H and O–H groups in total. The average Bonchev–Trinajstić information content (AvgIpc) is 2.97. The lowest BCUT2D eigenvalue weighted by Crippen LogP contribution is -2.24. The van der Waals surface area contributed by atoms with Crippen molar-refractivity contribution in [2.45, 2.75) is 25.8 Å². The van der Waals surface area contributed by atoms with Gasteiger partial charge < -0.3 is 5.32 Å². The molecule has 0 atom stereocenters. The smallest absolute Gasteiger partial charge is 0.176 e. The van der Waals surface area contributed by atoms with Gasteiger partial charge in [0, 0.05) is 11.6 Å². The van der Waals surface area contributed by atoms with Gasteiger partial charge in [-0.05, 0) is 25.8 Å². The van der Waals surface area contributed by atoms with Gasteiger partial charge in [0.1, 0.15) is 0 Å². The van der Waals surface area contributed by atoms with Crippen LogP contribution >= 0.6 is 0 Å². The quantitative estimate of drug-likeness (QED) is 0.733. The van der Waals surface area contributed by atoms with Crippen LogP contribution in [0.25, 0.3) is 0 Å². The van der Waals surface area contributed by atoms with Gasteiger partial charge in [0.2, 0.25) is 0 Å². The molecule has 0 spiro atoms. The maximum Gasteiger partial charge on any atom is 0.176 e. The molecule has 0 heterocycles. The van der Waals surface area contributed by atoms with Crippen LogP contribution in [0.1, 0.15) is 28.8 Å². The van der Waals surface area contributed by atoms with Crippen LogP contribution in [0.2, 0.25) is 0 Å². The van der Waals surface area contributed by atoms with Gasteiger partial charge in [-0.15, -0.1) is 0 Å². The van der Waals surface area contributed by atoms with E-state index >= 15 is 0 Å². The van der Waals surface area contributed by atoms with E-state index in [-0.39, 0.29) is 5.78 Å². The van der Waals surface area contributed by atoms with Crippen LogP contribution in [-0.4, -0.2) is 18.4 Å². The second-order valence-electron chi connectivity index (χ2n) is 3.95. The molecule has 0 amide bonds. The van der Waals surface area contributed by atoms with Crippen LogP contribution in [0, 0.1) is 6.92 Å². The predicted octanol–water partition coefficient (Wildman–Crippen LogP) is 1.93. The molecule has 0 aromatic heterocycles. The topological polar surface area (TPSA) is 29.1 Å². The summed E-state index contributed by atoms with van der Waals surface area (Å²) in [7, 11) is 0. The Balaban J connectivity index is 1.95. The molecule has 1 saturated carbocycles. The zero-order valence-corrected chi connectivity index (χ0v) is 8.42. The minimum atomic E-state index is 0.195. The van der Waals surface area contributed by atoms with E-state index in [2.05, 4.69) is 5.32 Å². The Bertz CT molecular complexity index is 342. The molecule has 14 heavy (non-hydrogen) atoms. The fraction of sp³-hybridized carbons (Fsp3) is 0.417. The van der Waals surface area contributed by atoms with Gasteiger partial charge in [-0.25, -0.2) is 0 Å². The predicted molar refractivity (Wildman–Crippen MR) is 56.5 cm³/mol. The van der Waals surface area contributed by atoms with Gasteiger partial charge in [-0.2, -0.15) is 0 Å². The lowest BCUT2D eigenvalue weighted by atomic mass is 10.1. The first-order valence-corrected chi connectivity index (χ1v) is 5.09. The standard InChI is InChI=1S/C12H15NO/c1-9-3-2-4-10(7-9)12(14)8-13-11-5-6-11/h2-4,7,11,13H,5-6,8H2,1H3. The van der Waals surface area contributed by atoms with Crippen molar-refractivity contribution < 1.29 is 4.79 Å². The summed E-state index contributed by atoms with van der Waals surface area (Å²) in [4.78, 5) is 11.7. The van der Waals surface area contributed by atoms with Crippen molar-refractivity contribution in [3.05, 3.63) is 35.4 Å². The summed E-state index contributed by atoms with van der Waals surface area (Å²) < 4.78 is 0. The molecule has 2 heteroatoms. The number of hydrogen-bond donors (Lipinski definition) is 1. The molecule has 1 aromatic rings. The van der Waals surface area contributed by atoms with Crippen molar-refractivity contribution in [2.75, 3.05) is 6.54 Å². The number of aryl methyl sites for hydroxylation is 1. The van der Waals surface area contributed by atoms with Crippen molar-refractivity contribution in [3.63, 3.8) is 0 Å². The minimum absolute atomic E-state index is 0.195. The number of ketones is 1. The van der Waals surface area contributed by atoms with Crippen LogP contribution in [0.15, 0.2) is 24.3 Å². The van der Waals surface area contributed by atoms with E-state index in [1.165, 1.54) is 12.8 Å². The Labute approximate surface area is 84.3 Å². The van der Waals surface area contributed by atoms with Crippen molar-refractivity contribution in [1.82, 2.24) is 5.32 Å². The Morgan fingerprint density at radius 2 is 2.29 bits per heavy atom. The van der Waals surface area contributed by atoms with Gasteiger partial charge in [-0.1, -0.05) is 23.8 Å². The summed E-state index contributed by atoms with van der Waals surface area (Å²) in [6.45, 7) is 2.49. The molecule has 1 aliphatic rings. The molecular weight excluding hydrogens is 174 g/mol. The van der Waals surface area contributed by atoms with Gasteiger partial charge in [0.05, 0.1) is 6.54 Å². The van der Waals surface area contributed by atoms with Crippen LogP contribution in [0.3, 0.4) is 0 Å². The first-order valence-electron chi connectivity index (χ1n) is 5.09. The van der Waals surface area contributed by atoms with E-state index < -0.39 is 0 Å². The summed E-state index contributed by atoms with van der Waals surface area (Å²) in [6.07, 6.45) is 2.45. The maximum atomic E-state index is 11.7. The maximum absolute atomic E-state index is 11.7. The van der Waals surface area contributed by atoms with Crippen LogP contribution in [0.5, 0.6) is 0 Å². The number of hydrogen-bond acceptors (Lipinski definition) is 2. The van der Waals surface area contributed by atoms with Crippen molar-refractivity contribution >= 4 is 5.78 Å². The fourth-order valence-electron chi connectivity index (χ4n) is 1.45. The van der Waals surface area contributed by atoms with E-state index in [0.29, 0.717) is 12.6 Å². The summed E-state index contributed by atoms with van der Waals surface area (Å²) in [5, 5.41) is 3.22. The van der Waals surface area contributed by atoms with Gasteiger partial charge in [0.25, 0.3) is 0 Å². The molecule has 2 nitrogen and oxygen atoms in total. The third-order valence-electron chi connectivity index (χ3n) is 2.47. The highest BCUT2D eigenvalue weighted by atomic mass is 16.1. The van der Waals surface area contributed by atoms with E-state index in [4.69, 9.17) is 0 Å². The van der Waals surface area contributed by atoms with Crippen LogP contribution < -0.4 is 5.32 Å². The second kappa shape index (κ2) is 3.93. The number of carbonyl (C=O) groups is 1. The zero-order valence-electron chi connectivity index (χ0n) is 8.42. The number of Topliss-reactive ketones (excluding diaryl/α,β-unsaturated/α-hetero) is 1. The van der Waals surface area contributed by atoms with E-state index in [0.717, 1.165) is 11.1 Å². The monoisotopic (exact) mass is 189 g/mol. The Morgan fingerprint density at radius 3 is 2.93 bits per heavy atom. The Morgan fingerprint density at radius 1 is 1.50 bits per heavy atom. The van der Waals surface area contributed by atoms with Crippen molar-refractivity contribution in [3.8, 4) is 0 Å². The van der Waals surface area contributed by atoms with Gasteiger partial charge in [0.15, 0.2) is 5.78 Å². The Hall–Kier alpha value is -1.15. The lowest BCUT2D eigenvalue weighted by molar-refractivity contribution is 0.0990. The molecular formula is C12H15NO. The molecule has 1 fully saturated rings. The lowest BCUT2D eigenvalue weighted by Gasteiger charge is -2.02. The highest BCUT2D eigenvalue weighted by Gasteiger charge is 2.21. The highest BCUT2D eigenvalue weighted by molar-refractivity contribution is 5.97. The SMILES string of the molecule is Cc1cccc(C(=O)CNC2CC2)c1. The van der Waals surface area contributed by atoms with Crippen LogP contribution in [0.4, 0.5) is 0 Å². The van der Waals surface area contributed by atoms with Crippen LogP contribution in [-0.2, 0) is 0 Å². The molecule has 0 aliphatic heterocycles. The van der Waals surface area contributed by atoms with E-state index in [9.17, 15) is 4.79 Å². The number of carbonyl (C=O) groups excluding carboxylic acids is 1. The largest absolute Gasteiger partial charge is 0.307 e. The highest BCUT2D eigenvalue weighted by Crippen LogP contribution is 2.18. The molecule has 1 aromatic carbocycles. The summed E-state index contributed by atoms with van der Waals surface area (Å²) in [5.41, 5.74) is 1.96. The second-order valence-corrected chi connectivity index (χ2v) is 3.95. The fourth-order valence-corrected chi connectivity index (χ4v) is 1.45. The van der Waals surface area contributed by atoms with E-state index in [1.807, 2.05) is 31.2 Å². The number of benzene rings is 1. The first kappa shape index (κ1) is 9.41. The van der Waals surface area contributed by atoms with Crippen molar-refractivity contribution in [1.29, 1.82) is 0 Å². The van der Waals surface area contributed by atoms with Crippen molar-refractivity contribution in [2.24, 2.45) is 0 Å². The summed E-state index contributed by atoms with van der Waals surface area (Å²) in [5.74, 6) is 0.195. The molecule has 2 rings (SSSR count). The summed E-state index contributed by atoms with van der Waals surface area (Å²) >= 11 is 0. The molecule has 0 radical (unpaired) electrons. The number of rotatable bonds is 4. The first-order chi connectivity index (χ1) is 6.75.